The molecule has 2 aromatic heterocycles. The van der Waals surface area contributed by atoms with Gasteiger partial charge in [-0.25, -0.2) is 9.37 Å². The fraction of sp³-hybridized carbons (Fsp3) is 0.154. The lowest BCUT2D eigenvalue weighted by Gasteiger charge is -2.11. The number of hydrogen-bond acceptors (Lipinski definition) is 3. The van der Waals surface area contributed by atoms with Gasteiger partial charge in [-0.3, -0.25) is 4.40 Å². The molecule has 98 valence electrons. The second-order valence-corrected chi connectivity index (χ2v) is 6.09. The smallest absolute Gasteiger partial charge is 0.193 e. The largest absolute Gasteiger partial charge is 0.324 e. The summed E-state index contributed by atoms with van der Waals surface area (Å²) in [6.07, 6.45) is 4.39. The lowest BCUT2D eigenvalue weighted by Crippen LogP contribution is -2.15. The molecular weight excluding hydrogens is 329 g/mol. The second-order valence-electron chi connectivity index (χ2n) is 4.30. The summed E-state index contributed by atoms with van der Waals surface area (Å²) < 4.78 is 16.5. The lowest BCUT2D eigenvalue weighted by molar-refractivity contribution is 0.578. The first-order chi connectivity index (χ1) is 9.13. The predicted molar refractivity (Wildman–Crippen MR) is 77.8 cm³/mol. The van der Waals surface area contributed by atoms with Gasteiger partial charge in [0.25, 0.3) is 0 Å². The Balaban J connectivity index is 1.86. The number of benzene rings is 1. The van der Waals surface area contributed by atoms with Crippen LogP contribution in [0.15, 0.2) is 40.4 Å². The van der Waals surface area contributed by atoms with Crippen molar-refractivity contribution < 1.29 is 4.39 Å². The third-order valence-electron chi connectivity index (χ3n) is 2.93. The van der Waals surface area contributed by atoms with Gasteiger partial charge in [-0.05, 0) is 18.2 Å². The summed E-state index contributed by atoms with van der Waals surface area (Å²) in [5, 5.41) is 1.97. The Morgan fingerprint density at radius 1 is 1.47 bits per heavy atom. The van der Waals surface area contributed by atoms with Gasteiger partial charge < -0.3 is 5.73 Å². The first kappa shape index (κ1) is 12.8. The lowest BCUT2D eigenvalue weighted by atomic mass is 10.0. The van der Waals surface area contributed by atoms with Crippen LogP contribution in [0.2, 0.25) is 0 Å². The van der Waals surface area contributed by atoms with E-state index in [1.807, 2.05) is 22.2 Å². The van der Waals surface area contributed by atoms with Gasteiger partial charge in [0.15, 0.2) is 4.96 Å². The van der Waals surface area contributed by atoms with Crippen LogP contribution in [0, 0.1) is 5.82 Å². The molecule has 3 aromatic rings. The summed E-state index contributed by atoms with van der Waals surface area (Å²) in [6, 6.07) is 4.41. The fourth-order valence-corrected chi connectivity index (χ4v) is 3.11. The number of nitrogens with zero attached hydrogens (tertiary/aromatic N) is 2. The van der Waals surface area contributed by atoms with Crippen LogP contribution in [-0.2, 0) is 6.42 Å². The van der Waals surface area contributed by atoms with Crippen molar-refractivity contribution in [1.29, 1.82) is 0 Å². The van der Waals surface area contributed by atoms with Crippen molar-refractivity contribution in [3.05, 3.63) is 57.5 Å². The zero-order chi connectivity index (χ0) is 13.4. The van der Waals surface area contributed by atoms with E-state index in [1.165, 1.54) is 6.07 Å². The van der Waals surface area contributed by atoms with Crippen molar-refractivity contribution in [2.45, 2.75) is 12.5 Å². The molecule has 0 aliphatic carbocycles. The summed E-state index contributed by atoms with van der Waals surface area (Å²) in [7, 11) is 0. The van der Waals surface area contributed by atoms with Crippen LogP contribution < -0.4 is 5.73 Å². The SMILES string of the molecule is NC(Cc1cn2ccsc2n1)c1cc(Br)ccc1F. The minimum Gasteiger partial charge on any atom is -0.324 e. The standard InChI is InChI=1S/C13H11BrFN3S/c14-8-1-2-11(15)10(5-8)12(16)6-9-7-18-3-4-19-13(18)17-9/h1-5,7,12H,6,16H2. The highest BCUT2D eigenvalue weighted by Gasteiger charge is 2.14. The van der Waals surface area contributed by atoms with Crippen LogP contribution in [0.1, 0.15) is 17.3 Å². The minimum absolute atomic E-state index is 0.281. The van der Waals surface area contributed by atoms with Crippen LogP contribution in [0.25, 0.3) is 4.96 Å². The third-order valence-corrected chi connectivity index (χ3v) is 4.19. The number of halogens is 2. The van der Waals surface area contributed by atoms with Gasteiger partial charge in [0, 0.05) is 40.3 Å². The van der Waals surface area contributed by atoms with E-state index in [0.717, 1.165) is 15.1 Å². The molecule has 2 heterocycles. The Bertz CT molecular complexity index is 693. The van der Waals surface area contributed by atoms with Crippen molar-refractivity contribution in [2.75, 3.05) is 0 Å². The van der Waals surface area contributed by atoms with Crippen LogP contribution in [0.5, 0.6) is 0 Å². The maximum atomic E-state index is 13.7. The molecule has 1 aromatic carbocycles. The van der Waals surface area contributed by atoms with Crippen LogP contribution >= 0.6 is 27.3 Å². The number of thiazole rings is 1. The summed E-state index contributed by atoms with van der Waals surface area (Å²) in [5.74, 6) is -0.281. The average Bonchev–Trinajstić information content (AvgIpc) is 2.92. The zero-order valence-corrected chi connectivity index (χ0v) is 12.3. The molecule has 2 N–H and O–H groups in total. The van der Waals surface area contributed by atoms with Gasteiger partial charge in [0.1, 0.15) is 5.82 Å². The summed E-state index contributed by atoms with van der Waals surface area (Å²) >= 11 is 4.90. The van der Waals surface area contributed by atoms with E-state index in [1.54, 1.807) is 23.5 Å². The first-order valence-electron chi connectivity index (χ1n) is 5.75. The maximum absolute atomic E-state index is 13.7. The monoisotopic (exact) mass is 339 g/mol. The second kappa shape index (κ2) is 5.03. The summed E-state index contributed by atoms with van der Waals surface area (Å²) in [4.78, 5) is 5.39. The Morgan fingerprint density at radius 3 is 3.11 bits per heavy atom. The minimum atomic E-state index is -0.401. The zero-order valence-electron chi connectivity index (χ0n) is 9.88. The maximum Gasteiger partial charge on any atom is 0.193 e. The molecule has 0 amide bonds. The highest BCUT2D eigenvalue weighted by molar-refractivity contribution is 9.10. The van der Waals surface area contributed by atoms with Crippen molar-refractivity contribution in [3.63, 3.8) is 0 Å². The third kappa shape index (κ3) is 2.56. The van der Waals surface area contributed by atoms with E-state index >= 15 is 0 Å². The number of aromatic nitrogens is 2. The molecule has 6 heteroatoms. The number of nitrogens with two attached hydrogens (primary N) is 1. The number of rotatable bonds is 3. The molecule has 0 aliphatic rings. The molecule has 19 heavy (non-hydrogen) atoms. The van der Waals surface area contributed by atoms with Crippen LogP contribution in [-0.4, -0.2) is 9.38 Å². The molecular formula is C13H11BrFN3S. The van der Waals surface area contributed by atoms with Gasteiger partial charge >= 0.3 is 0 Å². The number of hydrogen-bond donors (Lipinski definition) is 1. The van der Waals surface area contributed by atoms with Crippen molar-refractivity contribution in [1.82, 2.24) is 9.38 Å². The molecule has 0 radical (unpaired) electrons. The molecule has 0 saturated heterocycles. The van der Waals surface area contributed by atoms with Gasteiger partial charge in [-0.2, -0.15) is 0 Å². The van der Waals surface area contributed by atoms with E-state index in [0.29, 0.717) is 12.0 Å². The highest BCUT2D eigenvalue weighted by atomic mass is 79.9. The molecule has 0 saturated carbocycles. The van der Waals surface area contributed by atoms with Crippen LogP contribution in [0.4, 0.5) is 4.39 Å². The Morgan fingerprint density at radius 2 is 2.32 bits per heavy atom. The van der Waals surface area contributed by atoms with E-state index < -0.39 is 6.04 Å². The van der Waals surface area contributed by atoms with Gasteiger partial charge in [0.05, 0.1) is 5.69 Å². The molecule has 0 bridgehead atoms. The molecule has 1 unspecified atom stereocenters. The van der Waals surface area contributed by atoms with Crippen molar-refractivity contribution >= 4 is 32.2 Å². The van der Waals surface area contributed by atoms with Gasteiger partial charge in [-0.1, -0.05) is 15.9 Å². The Labute approximate surface area is 122 Å². The molecule has 1 atom stereocenters. The van der Waals surface area contributed by atoms with Gasteiger partial charge in [-0.15, -0.1) is 11.3 Å². The number of fused-ring (bicyclic) bond motifs is 1. The van der Waals surface area contributed by atoms with Crippen molar-refractivity contribution in [2.24, 2.45) is 5.73 Å². The van der Waals surface area contributed by atoms with Gasteiger partial charge in [0.2, 0.25) is 0 Å². The molecule has 3 nitrogen and oxygen atoms in total. The average molecular weight is 340 g/mol. The topological polar surface area (TPSA) is 43.3 Å². The molecule has 3 rings (SSSR count). The normalized spacial score (nSPS) is 13.0. The molecule has 0 spiro atoms. The van der Waals surface area contributed by atoms with E-state index in [2.05, 4.69) is 20.9 Å². The predicted octanol–water partition coefficient (Wildman–Crippen LogP) is 3.54. The summed E-state index contributed by atoms with van der Waals surface area (Å²) in [5.41, 5.74) is 7.46. The first-order valence-corrected chi connectivity index (χ1v) is 7.42. The molecule has 0 aliphatic heterocycles. The Hall–Kier alpha value is -1.24. The van der Waals surface area contributed by atoms with E-state index in [9.17, 15) is 4.39 Å². The quantitative estimate of drug-likeness (QED) is 0.793. The highest BCUT2D eigenvalue weighted by Crippen LogP contribution is 2.23. The summed E-state index contributed by atoms with van der Waals surface area (Å²) in [6.45, 7) is 0. The number of imidazole rings is 1. The Kier molecular flexibility index (Phi) is 3.38. The molecule has 0 fully saturated rings. The fourth-order valence-electron chi connectivity index (χ4n) is 2.01. The van der Waals surface area contributed by atoms with Crippen molar-refractivity contribution in [3.8, 4) is 0 Å². The van der Waals surface area contributed by atoms with E-state index in [4.69, 9.17) is 5.73 Å². The van der Waals surface area contributed by atoms with E-state index in [-0.39, 0.29) is 5.82 Å². The van der Waals surface area contributed by atoms with Crippen LogP contribution in [0.3, 0.4) is 0 Å².